The molecule has 0 bridgehead atoms. The summed E-state index contributed by atoms with van der Waals surface area (Å²) >= 11 is 0. The lowest BCUT2D eigenvalue weighted by Crippen LogP contribution is -2.22. The van der Waals surface area contributed by atoms with Crippen LogP contribution in [-0.4, -0.2) is 18.0 Å². The standard InChI is InChI=1S/C14H16N2O3/c1-3-9(2)19-11-6-4-10(5-7-11)8-12-13(17)16-14(18)15-12/h4-9H,3H2,1-2H3,(H2,15,16,17,18). The Morgan fingerprint density at radius 3 is 2.42 bits per heavy atom. The van der Waals surface area contributed by atoms with E-state index < -0.39 is 11.9 Å². The van der Waals surface area contributed by atoms with Crippen molar-refractivity contribution in [3.63, 3.8) is 0 Å². The monoisotopic (exact) mass is 260 g/mol. The number of benzene rings is 1. The number of nitrogens with one attached hydrogen (secondary N) is 2. The molecule has 1 heterocycles. The van der Waals surface area contributed by atoms with Crippen LogP contribution in [0.2, 0.25) is 0 Å². The predicted octanol–water partition coefficient (Wildman–Crippen LogP) is 2.04. The molecule has 0 aliphatic carbocycles. The molecule has 1 aromatic carbocycles. The molecule has 1 saturated heterocycles. The second-order valence-electron chi connectivity index (χ2n) is 4.37. The van der Waals surface area contributed by atoms with Gasteiger partial charge < -0.3 is 10.1 Å². The van der Waals surface area contributed by atoms with Gasteiger partial charge >= 0.3 is 6.03 Å². The minimum atomic E-state index is -0.493. The Morgan fingerprint density at radius 1 is 1.21 bits per heavy atom. The molecule has 1 fully saturated rings. The number of carbonyl (C=O) groups excluding carboxylic acids is 2. The lowest BCUT2D eigenvalue weighted by molar-refractivity contribution is -0.115. The van der Waals surface area contributed by atoms with Gasteiger partial charge in [-0.15, -0.1) is 0 Å². The van der Waals surface area contributed by atoms with Gasteiger partial charge in [0, 0.05) is 0 Å². The van der Waals surface area contributed by atoms with Gasteiger partial charge in [-0.1, -0.05) is 19.1 Å². The summed E-state index contributed by atoms with van der Waals surface area (Å²) in [5.74, 6) is 0.376. The number of amides is 3. The number of hydrogen-bond acceptors (Lipinski definition) is 3. The molecule has 2 rings (SSSR count). The number of hydrogen-bond donors (Lipinski definition) is 2. The van der Waals surface area contributed by atoms with Crippen LogP contribution >= 0.6 is 0 Å². The Hall–Kier alpha value is -2.30. The first-order chi connectivity index (χ1) is 9.08. The minimum absolute atomic E-state index is 0.170. The van der Waals surface area contributed by atoms with Crippen molar-refractivity contribution in [2.75, 3.05) is 0 Å². The summed E-state index contributed by atoms with van der Waals surface area (Å²) < 4.78 is 5.66. The summed E-state index contributed by atoms with van der Waals surface area (Å²) in [5, 5.41) is 4.59. The number of rotatable bonds is 4. The van der Waals surface area contributed by atoms with Crippen LogP contribution in [-0.2, 0) is 4.79 Å². The Bertz CT molecular complexity index is 520. The summed E-state index contributed by atoms with van der Waals surface area (Å²) in [6, 6.07) is 6.86. The first kappa shape index (κ1) is 13.1. The van der Waals surface area contributed by atoms with Crippen LogP contribution in [0.15, 0.2) is 30.0 Å². The zero-order chi connectivity index (χ0) is 13.8. The maximum Gasteiger partial charge on any atom is 0.326 e. The number of carbonyl (C=O) groups is 2. The van der Waals surface area contributed by atoms with Crippen molar-refractivity contribution in [3.8, 4) is 5.75 Å². The van der Waals surface area contributed by atoms with E-state index >= 15 is 0 Å². The highest BCUT2D eigenvalue weighted by atomic mass is 16.5. The molecule has 1 aromatic rings. The van der Waals surface area contributed by atoms with E-state index in [1.54, 1.807) is 6.08 Å². The van der Waals surface area contributed by atoms with Crippen molar-refractivity contribution in [2.45, 2.75) is 26.4 Å². The molecule has 1 unspecified atom stereocenters. The third-order valence-corrected chi connectivity index (χ3v) is 2.82. The van der Waals surface area contributed by atoms with E-state index in [9.17, 15) is 9.59 Å². The zero-order valence-electron chi connectivity index (χ0n) is 10.9. The van der Waals surface area contributed by atoms with Gasteiger partial charge in [0.15, 0.2) is 0 Å². The van der Waals surface area contributed by atoms with Gasteiger partial charge in [0.1, 0.15) is 11.4 Å². The van der Waals surface area contributed by atoms with E-state index in [0.29, 0.717) is 0 Å². The molecule has 19 heavy (non-hydrogen) atoms. The fourth-order valence-electron chi connectivity index (χ4n) is 1.61. The first-order valence-electron chi connectivity index (χ1n) is 6.19. The zero-order valence-corrected chi connectivity index (χ0v) is 10.9. The molecule has 2 N–H and O–H groups in total. The Labute approximate surface area is 111 Å². The van der Waals surface area contributed by atoms with Crippen LogP contribution < -0.4 is 15.4 Å². The van der Waals surface area contributed by atoms with Crippen molar-refractivity contribution < 1.29 is 14.3 Å². The first-order valence-corrected chi connectivity index (χ1v) is 6.19. The smallest absolute Gasteiger partial charge is 0.326 e. The van der Waals surface area contributed by atoms with E-state index in [1.165, 1.54) is 0 Å². The predicted molar refractivity (Wildman–Crippen MR) is 71.5 cm³/mol. The molecule has 1 aliphatic heterocycles. The second-order valence-corrected chi connectivity index (χ2v) is 4.37. The number of urea groups is 1. The van der Waals surface area contributed by atoms with E-state index in [2.05, 4.69) is 17.6 Å². The van der Waals surface area contributed by atoms with E-state index in [0.717, 1.165) is 17.7 Å². The largest absolute Gasteiger partial charge is 0.491 e. The van der Waals surface area contributed by atoms with Crippen molar-refractivity contribution >= 4 is 18.0 Å². The quantitative estimate of drug-likeness (QED) is 0.643. The van der Waals surface area contributed by atoms with Crippen LogP contribution in [0.3, 0.4) is 0 Å². The molecule has 0 saturated carbocycles. The fourth-order valence-corrected chi connectivity index (χ4v) is 1.61. The van der Waals surface area contributed by atoms with Gasteiger partial charge in [0.05, 0.1) is 6.10 Å². The van der Waals surface area contributed by atoms with Gasteiger partial charge in [-0.05, 0) is 37.1 Å². The number of imide groups is 1. The average molecular weight is 260 g/mol. The molecular formula is C14H16N2O3. The van der Waals surface area contributed by atoms with Crippen LogP contribution in [0.25, 0.3) is 6.08 Å². The molecule has 3 amide bonds. The summed E-state index contributed by atoms with van der Waals surface area (Å²) in [4.78, 5) is 22.3. The maximum atomic E-state index is 11.4. The van der Waals surface area contributed by atoms with Gasteiger partial charge in [0.2, 0.25) is 0 Å². The van der Waals surface area contributed by atoms with E-state index in [-0.39, 0.29) is 11.8 Å². The molecule has 100 valence electrons. The summed E-state index contributed by atoms with van der Waals surface area (Å²) in [6.07, 6.45) is 2.73. The third-order valence-electron chi connectivity index (χ3n) is 2.82. The topological polar surface area (TPSA) is 67.4 Å². The molecule has 1 atom stereocenters. The van der Waals surface area contributed by atoms with Gasteiger partial charge in [-0.2, -0.15) is 0 Å². The SMILES string of the molecule is CCC(C)Oc1ccc(C=C2NC(=O)NC2=O)cc1. The fraction of sp³-hybridized carbons (Fsp3) is 0.286. The summed E-state index contributed by atoms with van der Waals surface area (Å²) in [7, 11) is 0. The summed E-state index contributed by atoms with van der Waals surface area (Å²) in [5.41, 5.74) is 1.07. The third kappa shape index (κ3) is 3.34. The number of ether oxygens (including phenoxy) is 1. The van der Waals surface area contributed by atoms with Crippen LogP contribution in [0.4, 0.5) is 4.79 Å². The van der Waals surface area contributed by atoms with Crippen LogP contribution in [0.5, 0.6) is 5.75 Å². The molecule has 5 heteroatoms. The highest BCUT2D eigenvalue weighted by Crippen LogP contribution is 2.16. The average Bonchev–Trinajstić information content (AvgIpc) is 2.70. The van der Waals surface area contributed by atoms with Crippen molar-refractivity contribution in [1.82, 2.24) is 10.6 Å². The molecule has 1 aliphatic rings. The summed E-state index contributed by atoms with van der Waals surface area (Å²) in [6.45, 7) is 4.07. The Balaban J connectivity index is 2.09. The molecule has 0 aromatic heterocycles. The highest BCUT2D eigenvalue weighted by molar-refractivity contribution is 6.13. The van der Waals surface area contributed by atoms with Crippen LogP contribution in [0.1, 0.15) is 25.8 Å². The molecule has 0 spiro atoms. The van der Waals surface area contributed by atoms with Crippen molar-refractivity contribution in [1.29, 1.82) is 0 Å². The minimum Gasteiger partial charge on any atom is -0.491 e. The van der Waals surface area contributed by atoms with Crippen LogP contribution in [0, 0.1) is 0 Å². The van der Waals surface area contributed by atoms with Gasteiger partial charge in [0.25, 0.3) is 5.91 Å². The molecule has 5 nitrogen and oxygen atoms in total. The molecular weight excluding hydrogens is 244 g/mol. The normalized spacial score (nSPS) is 18.1. The van der Waals surface area contributed by atoms with Gasteiger partial charge in [-0.25, -0.2) is 4.79 Å². The second kappa shape index (κ2) is 5.56. The highest BCUT2D eigenvalue weighted by Gasteiger charge is 2.22. The lowest BCUT2D eigenvalue weighted by Gasteiger charge is -2.12. The molecule has 0 radical (unpaired) electrons. The lowest BCUT2D eigenvalue weighted by atomic mass is 10.2. The van der Waals surface area contributed by atoms with E-state index in [4.69, 9.17) is 4.74 Å². The van der Waals surface area contributed by atoms with Gasteiger partial charge in [-0.3, -0.25) is 10.1 Å². The maximum absolute atomic E-state index is 11.4. The van der Waals surface area contributed by atoms with Crippen molar-refractivity contribution in [3.05, 3.63) is 35.5 Å². The van der Waals surface area contributed by atoms with E-state index in [1.807, 2.05) is 31.2 Å². The Kier molecular flexibility index (Phi) is 3.85. The van der Waals surface area contributed by atoms with Crippen molar-refractivity contribution in [2.24, 2.45) is 0 Å². The Morgan fingerprint density at radius 2 is 1.89 bits per heavy atom.